The van der Waals surface area contributed by atoms with Crippen molar-refractivity contribution in [2.75, 3.05) is 5.32 Å². The molecule has 18 heavy (non-hydrogen) atoms. The summed E-state index contributed by atoms with van der Waals surface area (Å²) in [7, 11) is 0. The molecule has 0 unspecified atom stereocenters. The van der Waals surface area contributed by atoms with E-state index in [1.807, 2.05) is 0 Å². The van der Waals surface area contributed by atoms with Crippen LogP contribution in [0, 0.1) is 5.92 Å². The first-order chi connectivity index (χ1) is 8.63. The average Bonchev–Trinajstić information content (AvgIpc) is 3.04. The molecule has 2 aromatic rings. The zero-order valence-corrected chi connectivity index (χ0v) is 9.93. The summed E-state index contributed by atoms with van der Waals surface area (Å²) < 4.78 is 1.66. The van der Waals surface area contributed by atoms with Gasteiger partial charge in [-0.05, 0) is 18.8 Å². The van der Waals surface area contributed by atoms with E-state index < -0.39 is 0 Å². The summed E-state index contributed by atoms with van der Waals surface area (Å²) >= 11 is 0. The van der Waals surface area contributed by atoms with Crippen molar-refractivity contribution < 1.29 is 4.79 Å². The van der Waals surface area contributed by atoms with Crippen LogP contribution in [-0.4, -0.2) is 25.4 Å². The molecule has 2 N–H and O–H groups in total. The highest BCUT2D eigenvalue weighted by Crippen LogP contribution is 2.30. The Bertz CT molecular complexity index is 668. The van der Waals surface area contributed by atoms with Gasteiger partial charge >= 0.3 is 5.69 Å². The largest absolute Gasteiger partial charge is 0.327 e. The van der Waals surface area contributed by atoms with Crippen molar-refractivity contribution in [3.05, 3.63) is 16.7 Å². The van der Waals surface area contributed by atoms with Gasteiger partial charge in [0.15, 0.2) is 5.65 Å². The van der Waals surface area contributed by atoms with Crippen LogP contribution in [0.15, 0.2) is 11.0 Å². The van der Waals surface area contributed by atoms with Gasteiger partial charge in [0.05, 0.1) is 6.20 Å². The molecule has 0 radical (unpaired) electrons. The predicted octanol–water partition coefficient (Wildman–Crippen LogP) is 0.488. The van der Waals surface area contributed by atoms with Crippen molar-refractivity contribution in [2.24, 2.45) is 5.92 Å². The third kappa shape index (κ3) is 1.99. The van der Waals surface area contributed by atoms with Gasteiger partial charge in [-0.15, -0.1) is 0 Å². The van der Waals surface area contributed by atoms with Gasteiger partial charge < -0.3 is 0 Å². The molecule has 0 aromatic carbocycles. The van der Waals surface area contributed by atoms with Crippen LogP contribution >= 0.6 is 0 Å². The van der Waals surface area contributed by atoms with Crippen LogP contribution < -0.4 is 11.0 Å². The fourth-order valence-corrected chi connectivity index (χ4v) is 1.90. The molecule has 2 heterocycles. The summed E-state index contributed by atoms with van der Waals surface area (Å²) in [5, 5.41) is 2.49. The minimum absolute atomic E-state index is 0.175. The molecule has 3 rings (SSSR count). The number of anilines is 1. The Kier molecular flexibility index (Phi) is 2.39. The molecule has 1 saturated carbocycles. The number of hydrogen-bond donors (Lipinski definition) is 2. The number of carbonyl (C=O) groups excluding carboxylic acids is 1. The predicted molar refractivity (Wildman–Crippen MR) is 65.2 cm³/mol. The van der Waals surface area contributed by atoms with Gasteiger partial charge in [-0.2, -0.15) is 4.98 Å². The second kappa shape index (κ2) is 3.94. The molecule has 7 heteroatoms. The van der Waals surface area contributed by atoms with Crippen LogP contribution in [0.3, 0.4) is 0 Å². The van der Waals surface area contributed by atoms with Crippen LogP contribution in [0.4, 0.5) is 5.95 Å². The first-order valence-electron chi connectivity index (χ1n) is 5.86. The van der Waals surface area contributed by atoms with E-state index in [0.717, 1.165) is 0 Å². The number of hydrogen-bond acceptors (Lipinski definition) is 4. The number of H-pyrrole nitrogens is 1. The Labute approximate surface area is 102 Å². The fourth-order valence-electron chi connectivity index (χ4n) is 1.90. The zero-order chi connectivity index (χ0) is 12.7. The van der Waals surface area contributed by atoms with E-state index in [-0.39, 0.29) is 17.5 Å². The molecule has 2 aromatic heterocycles. The standard InChI is InChI=1S/C11H13N5O2/c1-6(17)13-10-12-4-8-9(14-10)15-11(18)16(8)5-7-2-3-7/h4,7H,2-3,5H2,1H3,(H2,12,13,14,15,17,18). The number of carbonyl (C=O) groups is 1. The van der Waals surface area contributed by atoms with Crippen molar-refractivity contribution in [3.63, 3.8) is 0 Å². The summed E-state index contributed by atoms with van der Waals surface area (Å²) in [4.78, 5) is 33.5. The van der Waals surface area contributed by atoms with Gasteiger partial charge in [-0.1, -0.05) is 0 Å². The minimum Gasteiger partial charge on any atom is -0.295 e. The van der Waals surface area contributed by atoms with Gasteiger partial charge in [0.25, 0.3) is 0 Å². The normalized spacial score (nSPS) is 14.9. The Balaban J connectivity index is 2.02. The van der Waals surface area contributed by atoms with Gasteiger partial charge in [0.1, 0.15) is 5.52 Å². The summed E-state index contributed by atoms with van der Waals surface area (Å²) in [6.07, 6.45) is 3.90. The van der Waals surface area contributed by atoms with E-state index in [9.17, 15) is 9.59 Å². The van der Waals surface area contributed by atoms with Crippen LogP contribution in [0.1, 0.15) is 19.8 Å². The summed E-state index contributed by atoms with van der Waals surface area (Å²) in [5.41, 5.74) is 0.964. The molecule has 7 nitrogen and oxygen atoms in total. The Morgan fingerprint density at radius 1 is 1.61 bits per heavy atom. The Hall–Kier alpha value is -2.18. The van der Waals surface area contributed by atoms with Crippen molar-refractivity contribution >= 4 is 23.0 Å². The number of aromatic amines is 1. The highest BCUT2D eigenvalue weighted by atomic mass is 16.2. The van der Waals surface area contributed by atoms with Gasteiger partial charge in [-0.3, -0.25) is 19.7 Å². The second-order valence-electron chi connectivity index (χ2n) is 4.59. The first-order valence-corrected chi connectivity index (χ1v) is 5.86. The molecule has 0 atom stereocenters. The lowest BCUT2D eigenvalue weighted by Gasteiger charge is -2.02. The van der Waals surface area contributed by atoms with Crippen LogP contribution in [-0.2, 0) is 11.3 Å². The molecule has 94 valence electrons. The molecule has 0 saturated heterocycles. The highest BCUT2D eigenvalue weighted by Gasteiger charge is 2.23. The molecule has 1 amide bonds. The molecule has 0 spiro atoms. The summed E-state index contributed by atoms with van der Waals surface area (Å²) in [5.74, 6) is 0.556. The van der Waals surface area contributed by atoms with E-state index in [1.54, 1.807) is 10.8 Å². The number of aromatic nitrogens is 4. The third-order valence-electron chi connectivity index (χ3n) is 2.96. The number of rotatable bonds is 3. The van der Waals surface area contributed by atoms with Crippen molar-refractivity contribution in [2.45, 2.75) is 26.3 Å². The van der Waals surface area contributed by atoms with Crippen molar-refractivity contribution in [1.29, 1.82) is 0 Å². The lowest BCUT2D eigenvalue weighted by Crippen LogP contribution is -2.17. The SMILES string of the molecule is CC(=O)Nc1ncc2c(n1)[nH]c(=O)n2CC1CC1. The van der Waals surface area contributed by atoms with Crippen LogP contribution in [0.25, 0.3) is 11.2 Å². The Morgan fingerprint density at radius 3 is 3.06 bits per heavy atom. The number of fused-ring (bicyclic) bond motifs is 1. The quantitative estimate of drug-likeness (QED) is 0.825. The smallest absolute Gasteiger partial charge is 0.295 e. The highest BCUT2D eigenvalue weighted by molar-refractivity contribution is 5.87. The fraction of sp³-hybridized carbons (Fsp3) is 0.455. The van der Waals surface area contributed by atoms with Crippen LogP contribution in [0.2, 0.25) is 0 Å². The monoisotopic (exact) mass is 247 g/mol. The van der Waals surface area contributed by atoms with E-state index in [4.69, 9.17) is 0 Å². The average molecular weight is 247 g/mol. The van der Waals surface area contributed by atoms with Gasteiger partial charge in [-0.25, -0.2) is 9.78 Å². The summed E-state index contributed by atoms with van der Waals surface area (Å²) in [6.45, 7) is 2.09. The molecule has 1 fully saturated rings. The number of nitrogens with one attached hydrogen (secondary N) is 2. The molecule has 1 aliphatic carbocycles. The Morgan fingerprint density at radius 2 is 2.39 bits per heavy atom. The minimum atomic E-state index is -0.242. The van der Waals surface area contributed by atoms with E-state index in [1.165, 1.54) is 19.8 Å². The lowest BCUT2D eigenvalue weighted by atomic mass is 10.4. The topological polar surface area (TPSA) is 92.7 Å². The number of imidazole rings is 1. The molecule has 0 aliphatic heterocycles. The number of nitrogens with zero attached hydrogens (tertiary/aromatic N) is 3. The van der Waals surface area contributed by atoms with E-state index in [2.05, 4.69) is 20.3 Å². The molecule has 1 aliphatic rings. The zero-order valence-electron chi connectivity index (χ0n) is 9.93. The lowest BCUT2D eigenvalue weighted by molar-refractivity contribution is -0.114. The van der Waals surface area contributed by atoms with Crippen molar-refractivity contribution in [1.82, 2.24) is 19.5 Å². The second-order valence-corrected chi connectivity index (χ2v) is 4.59. The molecule has 0 bridgehead atoms. The maximum atomic E-state index is 11.8. The summed E-state index contributed by atoms with van der Waals surface area (Å²) in [6, 6.07) is 0. The maximum absolute atomic E-state index is 11.8. The third-order valence-corrected chi connectivity index (χ3v) is 2.96. The maximum Gasteiger partial charge on any atom is 0.327 e. The molecular formula is C11H13N5O2. The van der Waals surface area contributed by atoms with E-state index >= 15 is 0 Å². The first kappa shape index (κ1) is 10.9. The molecular weight excluding hydrogens is 234 g/mol. The van der Waals surface area contributed by atoms with Crippen molar-refractivity contribution in [3.8, 4) is 0 Å². The van der Waals surface area contributed by atoms with E-state index in [0.29, 0.717) is 23.6 Å². The van der Waals surface area contributed by atoms with Gasteiger partial charge in [0, 0.05) is 13.5 Å². The van der Waals surface area contributed by atoms with Crippen LogP contribution in [0.5, 0.6) is 0 Å². The number of amides is 1. The van der Waals surface area contributed by atoms with Gasteiger partial charge in [0.2, 0.25) is 11.9 Å².